The number of likely N-dealkylation sites (tertiary alicyclic amines) is 1. The van der Waals surface area contributed by atoms with Gasteiger partial charge in [-0.2, -0.15) is 0 Å². The van der Waals surface area contributed by atoms with Crippen LogP contribution >= 0.6 is 0 Å². The van der Waals surface area contributed by atoms with Crippen molar-refractivity contribution in [3.8, 4) is 0 Å². The van der Waals surface area contributed by atoms with Crippen molar-refractivity contribution in [1.82, 2.24) is 10.2 Å². The van der Waals surface area contributed by atoms with Gasteiger partial charge in [0.1, 0.15) is 0 Å². The second-order valence-corrected chi connectivity index (χ2v) is 6.49. The predicted octanol–water partition coefficient (Wildman–Crippen LogP) is 2.02. The highest BCUT2D eigenvalue weighted by Crippen LogP contribution is 2.27. The maximum atomic E-state index is 5.94. The van der Waals surface area contributed by atoms with E-state index in [0.29, 0.717) is 12.2 Å². The molecule has 3 unspecified atom stereocenters. The molecule has 0 bridgehead atoms. The highest BCUT2D eigenvalue weighted by Gasteiger charge is 2.30. The third-order valence-corrected chi connectivity index (χ3v) is 5.08. The molecule has 3 aliphatic rings. The molecule has 0 spiro atoms. The fraction of sp³-hybridized carbons (Fsp3) is 1.00. The molecule has 3 aliphatic heterocycles. The second kappa shape index (κ2) is 5.89. The summed E-state index contributed by atoms with van der Waals surface area (Å²) in [5, 5.41) is 3.68. The molecule has 3 fully saturated rings. The van der Waals surface area contributed by atoms with Crippen molar-refractivity contribution in [3.05, 3.63) is 0 Å². The van der Waals surface area contributed by atoms with E-state index in [4.69, 9.17) is 4.74 Å². The molecule has 3 heterocycles. The molecule has 0 aromatic carbocycles. The summed E-state index contributed by atoms with van der Waals surface area (Å²) in [6, 6.07) is 0.829. The van der Waals surface area contributed by atoms with E-state index in [9.17, 15) is 0 Å². The van der Waals surface area contributed by atoms with E-state index in [-0.39, 0.29) is 0 Å². The summed E-state index contributed by atoms with van der Waals surface area (Å²) in [5.74, 6) is 0.937. The van der Waals surface area contributed by atoms with Gasteiger partial charge in [0.25, 0.3) is 0 Å². The molecule has 3 heteroatoms. The number of hydrogen-bond acceptors (Lipinski definition) is 3. The molecule has 0 saturated carbocycles. The third-order valence-electron chi connectivity index (χ3n) is 5.08. The summed E-state index contributed by atoms with van der Waals surface area (Å²) >= 11 is 0. The smallest absolute Gasteiger partial charge is 0.0706 e. The highest BCUT2D eigenvalue weighted by atomic mass is 16.5. The van der Waals surface area contributed by atoms with Gasteiger partial charge in [-0.1, -0.05) is 0 Å². The monoisotopic (exact) mass is 252 g/mol. The van der Waals surface area contributed by atoms with Crippen LogP contribution < -0.4 is 5.32 Å². The standard InChI is InChI=1S/C15H28N2O/c1-12-4-5-14(18-12)11-17-9-6-13(7-10-17)15-3-2-8-16-15/h12-16H,2-11H2,1H3. The summed E-state index contributed by atoms with van der Waals surface area (Å²) in [7, 11) is 0. The fourth-order valence-corrected chi connectivity index (χ4v) is 3.96. The first-order valence-electron chi connectivity index (χ1n) is 7.92. The molecule has 0 aliphatic carbocycles. The number of piperidine rings is 1. The molecular formula is C15H28N2O. The first kappa shape index (κ1) is 12.9. The molecule has 3 atom stereocenters. The number of ether oxygens (including phenoxy) is 1. The van der Waals surface area contributed by atoms with Crippen LogP contribution in [0, 0.1) is 5.92 Å². The maximum Gasteiger partial charge on any atom is 0.0706 e. The van der Waals surface area contributed by atoms with E-state index >= 15 is 0 Å². The minimum Gasteiger partial charge on any atom is -0.374 e. The molecule has 18 heavy (non-hydrogen) atoms. The summed E-state index contributed by atoms with van der Waals surface area (Å²) in [5.41, 5.74) is 0. The van der Waals surface area contributed by atoms with E-state index in [1.807, 2.05) is 0 Å². The van der Waals surface area contributed by atoms with E-state index in [2.05, 4.69) is 17.1 Å². The Hall–Kier alpha value is -0.120. The van der Waals surface area contributed by atoms with Crippen LogP contribution in [0.4, 0.5) is 0 Å². The van der Waals surface area contributed by atoms with Crippen LogP contribution in [-0.2, 0) is 4.74 Å². The Balaban J connectivity index is 1.39. The zero-order valence-electron chi connectivity index (χ0n) is 11.7. The topological polar surface area (TPSA) is 24.5 Å². The van der Waals surface area contributed by atoms with Crippen LogP contribution in [0.2, 0.25) is 0 Å². The Morgan fingerprint density at radius 2 is 1.94 bits per heavy atom. The minimum atomic E-state index is 0.496. The molecule has 0 amide bonds. The van der Waals surface area contributed by atoms with Crippen molar-refractivity contribution in [2.24, 2.45) is 5.92 Å². The van der Waals surface area contributed by atoms with Gasteiger partial charge in [0.2, 0.25) is 0 Å². The Morgan fingerprint density at radius 3 is 2.56 bits per heavy atom. The van der Waals surface area contributed by atoms with E-state index in [0.717, 1.165) is 12.0 Å². The Morgan fingerprint density at radius 1 is 1.11 bits per heavy atom. The Kier molecular flexibility index (Phi) is 4.22. The van der Waals surface area contributed by atoms with Crippen molar-refractivity contribution < 1.29 is 4.74 Å². The third kappa shape index (κ3) is 3.06. The average molecular weight is 252 g/mol. The lowest BCUT2D eigenvalue weighted by Gasteiger charge is -2.35. The van der Waals surface area contributed by atoms with Gasteiger partial charge in [-0.25, -0.2) is 0 Å². The van der Waals surface area contributed by atoms with Gasteiger partial charge in [-0.15, -0.1) is 0 Å². The molecule has 104 valence electrons. The second-order valence-electron chi connectivity index (χ2n) is 6.49. The zero-order valence-corrected chi connectivity index (χ0v) is 11.7. The van der Waals surface area contributed by atoms with Gasteiger partial charge in [-0.3, -0.25) is 0 Å². The van der Waals surface area contributed by atoms with Crippen LogP contribution in [0.1, 0.15) is 45.4 Å². The van der Waals surface area contributed by atoms with E-state index < -0.39 is 0 Å². The van der Waals surface area contributed by atoms with Gasteiger partial charge < -0.3 is 15.0 Å². The summed E-state index contributed by atoms with van der Waals surface area (Å²) in [4.78, 5) is 2.63. The lowest BCUT2D eigenvalue weighted by atomic mass is 9.88. The van der Waals surface area contributed by atoms with Gasteiger partial charge in [0.15, 0.2) is 0 Å². The van der Waals surface area contributed by atoms with Crippen molar-refractivity contribution in [3.63, 3.8) is 0 Å². The quantitative estimate of drug-likeness (QED) is 0.831. The van der Waals surface area contributed by atoms with Crippen molar-refractivity contribution in [2.45, 2.75) is 63.7 Å². The van der Waals surface area contributed by atoms with Gasteiger partial charge in [-0.05, 0) is 71.0 Å². The molecular weight excluding hydrogens is 224 g/mol. The van der Waals surface area contributed by atoms with E-state index in [1.165, 1.54) is 64.7 Å². The van der Waals surface area contributed by atoms with Crippen LogP contribution in [0.15, 0.2) is 0 Å². The number of nitrogens with zero attached hydrogens (tertiary/aromatic N) is 1. The predicted molar refractivity (Wildman–Crippen MR) is 73.8 cm³/mol. The SMILES string of the molecule is CC1CCC(CN2CCC(C3CCCN3)CC2)O1. The largest absolute Gasteiger partial charge is 0.374 e. The van der Waals surface area contributed by atoms with Gasteiger partial charge >= 0.3 is 0 Å². The molecule has 0 aromatic heterocycles. The van der Waals surface area contributed by atoms with Gasteiger partial charge in [0.05, 0.1) is 12.2 Å². The molecule has 3 saturated heterocycles. The van der Waals surface area contributed by atoms with Crippen LogP contribution in [0.3, 0.4) is 0 Å². The lowest BCUT2D eigenvalue weighted by molar-refractivity contribution is 0.0225. The molecule has 0 radical (unpaired) electrons. The Bertz CT molecular complexity index is 257. The zero-order chi connectivity index (χ0) is 12.4. The van der Waals surface area contributed by atoms with Crippen molar-refractivity contribution in [1.29, 1.82) is 0 Å². The highest BCUT2D eigenvalue weighted by molar-refractivity contribution is 4.86. The number of rotatable bonds is 3. The average Bonchev–Trinajstić information content (AvgIpc) is 3.02. The Labute approximate surface area is 111 Å². The summed E-state index contributed by atoms with van der Waals surface area (Å²) in [6.45, 7) is 7.21. The van der Waals surface area contributed by atoms with Crippen LogP contribution in [0.5, 0.6) is 0 Å². The summed E-state index contributed by atoms with van der Waals surface area (Å²) < 4.78 is 5.94. The van der Waals surface area contributed by atoms with E-state index in [1.54, 1.807) is 0 Å². The van der Waals surface area contributed by atoms with Crippen molar-refractivity contribution >= 4 is 0 Å². The number of hydrogen-bond donors (Lipinski definition) is 1. The van der Waals surface area contributed by atoms with Crippen molar-refractivity contribution in [2.75, 3.05) is 26.2 Å². The molecule has 0 aromatic rings. The van der Waals surface area contributed by atoms with Crippen LogP contribution in [-0.4, -0.2) is 49.3 Å². The molecule has 3 nitrogen and oxygen atoms in total. The summed E-state index contributed by atoms with van der Waals surface area (Å²) in [6.07, 6.45) is 9.11. The lowest BCUT2D eigenvalue weighted by Crippen LogP contribution is -2.43. The van der Waals surface area contributed by atoms with Gasteiger partial charge in [0, 0.05) is 12.6 Å². The fourth-order valence-electron chi connectivity index (χ4n) is 3.96. The molecule has 1 N–H and O–H groups in total. The normalized spacial score (nSPS) is 39.5. The minimum absolute atomic E-state index is 0.496. The first-order chi connectivity index (χ1) is 8.81. The first-order valence-corrected chi connectivity index (χ1v) is 7.92. The maximum absolute atomic E-state index is 5.94. The molecule has 3 rings (SSSR count). The number of nitrogens with one attached hydrogen (secondary N) is 1. The van der Waals surface area contributed by atoms with Crippen LogP contribution in [0.25, 0.3) is 0 Å².